The van der Waals surface area contributed by atoms with Gasteiger partial charge in [-0.2, -0.15) is 0 Å². The summed E-state index contributed by atoms with van der Waals surface area (Å²) in [5.74, 6) is -0.490. The van der Waals surface area contributed by atoms with Crippen LogP contribution in [0.4, 0.5) is 0 Å². The molecule has 0 unspecified atom stereocenters. The van der Waals surface area contributed by atoms with Crippen LogP contribution < -0.4 is 5.32 Å². The Labute approximate surface area is 118 Å². The molecule has 1 heterocycles. The summed E-state index contributed by atoms with van der Waals surface area (Å²) in [6.07, 6.45) is 2.87. The molecule has 0 radical (unpaired) electrons. The quantitative estimate of drug-likeness (QED) is 0.800. The minimum atomic E-state index is -0.864. The molecule has 0 aliphatic heterocycles. The lowest BCUT2D eigenvalue weighted by molar-refractivity contribution is -0.137. The maximum absolute atomic E-state index is 11.9. The highest BCUT2D eigenvalue weighted by Crippen LogP contribution is 2.40. The number of nitrogens with one attached hydrogen (secondary N) is 1. The van der Waals surface area contributed by atoms with Crippen molar-refractivity contribution in [2.75, 3.05) is 0 Å². The van der Waals surface area contributed by atoms with Gasteiger partial charge >= 0.3 is 5.97 Å². The molecule has 1 aromatic rings. The Morgan fingerprint density at radius 2 is 2.15 bits per heavy atom. The SMILES string of the molecule is Cc1cccc([C@H](NC(=O)CCCC(=O)O)C2CC2)n1. The number of carboxylic acids is 1. The minimum Gasteiger partial charge on any atom is -0.481 e. The Morgan fingerprint density at radius 3 is 2.75 bits per heavy atom. The Morgan fingerprint density at radius 1 is 1.40 bits per heavy atom. The van der Waals surface area contributed by atoms with Crippen molar-refractivity contribution < 1.29 is 14.7 Å². The first kappa shape index (κ1) is 14.5. The number of hydrogen-bond donors (Lipinski definition) is 2. The Balaban J connectivity index is 1.93. The number of carboxylic acid groups (broad SMARTS) is 1. The number of nitrogens with zero attached hydrogens (tertiary/aromatic N) is 1. The van der Waals surface area contributed by atoms with E-state index in [4.69, 9.17) is 5.11 Å². The van der Waals surface area contributed by atoms with E-state index in [1.54, 1.807) is 0 Å². The van der Waals surface area contributed by atoms with Crippen molar-refractivity contribution in [3.8, 4) is 0 Å². The smallest absolute Gasteiger partial charge is 0.303 e. The van der Waals surface area contributed by atoms with Crippen LogP contribution in [-0.2, 0) is 9.59 Å². The van der Waals surface area contributed by atoms with Gasteiger partial charge in [-0.1, -0.05) is 6.07 Å². The van der Waals surface area contributed by atoms with E-state index < -0.39 is 5.97 Å². The second-order valence-corrected chi connectivity index (χ2v) is 5.33. The first-order valence-electron chi connectivity index (χ1n) is 7.01. The fourth-order valence-electron chi connectivity index (χ4n) is 2.25. The van der Waals surface area contributed by atoms with Gasteiger partial charge in [0.2, 0.25) is 5.91 Å². The number of amides is 1. The van der Waals surface area contributed by atoms with Crippen LogP contribution in [-0.4, -0.2) is 22.0 Å². The summed E-state index contributed by atoms with van der Waals surface area (Å²) < 4.78 is 0. The van der Waals surface area contributed by atoms with Gasteiger partial charge in [0, 0.05) is 18.5 Å². The third kappa shape index (κ3) is 4.33. The topological polar surface area (TPSA) is 79.3 Å². The molecule has 0 saturated heterocycles. The summed E-state index contributed by atoms with van der Waals surface area (Å²) in [5, 5.41) is 11.6. The zero-order chi connectivity index (χ0) is 14.5. The largest absolute Gasteiger partial charge is 0.481 e. The van der Waals surface area contributed by atoms with Crippen LogP contribution in [0.15, 0.2) is 18.2 Å². The molecule has 0 spiro atoms. The van der Waals surface area contributed by atoms with Crippen LogP contribution in [0, 0.1) is 12.8 Å². The monoisotopic (exact) mass is 276 g/mol. The molecule has 1 aromatic heterocycles. The van der Waals surface area contributed by atoms with E-state index in [0.717, 1.165) is 24.2 Å². The molecule has 2 N–H and O–H groups in total. The third-order valence-corrected chi connectivity index (χ3v) is 3.43. The molecule has 1 aliphatic carbocycles. The van der Waals surface area contributed by atoms with Gasteiger partial charge in [-0.15, -0.1) is 0 Å². The molecule has 1 amide bonds. The summed E-state index contributed by atoms with van der Waals surface area (Å²) in [6, 6.07) is 5.78. The van der Waals surface area contributed by atoms with Crippen LogP contribution in [0.2, 0.25) is 0 Å². The molecule has 108 valence electrons. The highest BCUT2D eigenvalue weighted by molar-refractivity contribution is 5.77. The third-order valence-electron chi connectivity index (χ3n) is 3.43. The van der Waals surface area contributed by atoms with Crippen molar-refractivity contribution in [2.24, 2.45) is 5.92 Å². The van der Waals surface area contributed by atoms with Crippen LogP contribution in [0.1, 0.15) is 49.5 Å². The highest BCUT2D eigenvalue weighted by atomic mass is 16.4. The lowest BCUT2D eigenvalue weighted by Gasteiger charge is -2.18. The maximum Gasteiger partial charge on any atom is 0.303 e. The summed E-state index contributed by atoms with van der Waals surface area (Å²) in [7, 11) is 0. The number of aryl methyl sites for hydroxylation is 1. The number of hydrogen-bond acceptors (Lipinski definition) is 3. The molecule has 1 atom stereocenters. The van der Waals surface area contributed by atoms with Crippen molar-refractivity contribution in [1.29, 1.82) is 0 Å². The van der Waals surface area contributed by atoms with E-state index in [0.29, 0.717) is 12.3 Å². The number of rotatable bonds is 7. The molecular weight excluding hydrogens is 256 g/mol. The normalized spacial score (nSPS) is 15.7. The average Bonchev–Trinajstić information content (AvgIpc) is 3.19. The van der Waals surface area contributed by atoms with E-state index in [1.807, 2.05) is 25.1 Å². The molecule has 20 heavy (non-hydrogen) atoms. The molecule has 1 fully saturated rings. The summed E-state index contributed by atoms with van der Waals surface area (Å²) in [5.41, 5.74) is 1.84. The zero-order valence-corrected chi connectivity index (χ0v) is 11.6. The summed E-state index contributed by atoms with van der Waals surface area (Å²) in [4.78, 5) is 26.8. The van der Waals surface area contributed by atoms with Crippen LogP contribution in [0.5, 0.6) is 0 Å². The Hall–Kier alpha value is -1.91. The lowest BCUT2D eigenvalue weighted by Crippen LogP contribution is -2.30. The second kappa shape index (κ2) is 6.50. The van der Waals surface area contributed by atoms with Gasteiger partial charge in [-0.05, 0) is 44.2 Å². The van der Waals surface area contributed by atoms with E-state index in [-0.39, 0.29) is 24.8 Å². The predicted molar refractivity (Wildman–Crippen MR) is 74.1 cm³/mol. The second-order valence-electron chi connectivity index (χ2n) is 5.33. The van der Waals surface area contributed by atoms with Crippen molar-refractivity contribution in [2.45, 2.75) is 45.1 Å². The van der Waals surface area contributed by atoms with Crippen molar-refractivity contribution in [3.05, 3.63) is 29.6 Å². The van der Waals surface area contributed by atoms with E-state index in [2.05, 4.69) is 10.3 Å². The average molecular weight is 276 g/mol. The van der Waals surface area contributed by atoms with Gasteiger partial charge in [0.05, 0.1) is 11.7 Å². The fraction of sp³-hybridized carbons (Fsp3) is 0.533. The van der Waals surface area contributed by atoms with E-state index >= 15 is 0 Å². The molecule has 1 saturated carbocycles. The number of aliphatic carboxylic acids is 1. The van der Waals surface area contributed by atoms with Crippen molar-refractivity contribution in [1.82, 2.24) is 10.3 Å². The molecular formula is C15H20N2O3. The molecule has 5 nitrogen and oxygen atoms in total. The first-order chi connectivity index (χ1) is 9.56. The van der Waals surface area contributed by atoms with Gasteiger partial charge in [-0.3, -0.25) is 14.6 Å². The number of carbonyl (C=O) groups excluding carboxylic acids is 1. The van der Waals surface area contributed by atoms with Crippen LogP contribution in [0.3, 0.4) is 0 Å². The summed E-state index contributed by atoms with van der Waals surface area (Å²) in [6.45, 7) is 1.93. The van der Waals surface area contributed by atoms with Crippen LogP contribution in [0.25, 0.3) is 0 Å². The summed E-state index contributed by atoms with van der Waals surface area (Å²) >= 11 is 0. The molecule has 0 bridgehead atoms. The van der Waals surface area contributed by atoms with Gasteiger partial charge in [0.1, 0.15) is 0 Å². The van der Waals surface area contributed by atoms with Gasteiger partial charge in [-0.25, -0.2) is 0 Å². The minimum absolute atomic E-state index is 0.0320. The van der Waals surface area contributed by atoms with Crippen molar-refractivity contribution in [3.63, 3.8) is 0 Å². The van der Waals surface area contributed by atoms with Gasteiger partial charge < -0.3 is 10.4 Å². The highest BCUT2D eigenvalue weighted by Gasteiger charge is 2.34. The number of aromatic nitrogens is 1. The maximum atomic E-state index is 11.9. The molecule has 2 rings (SSSR count). The Kier molecular flexibility index (Phi) is 4.71. The lowest BCUT2D eigenvalue weighted by atomic mass is 10.1. The van der Waals surface area contributed by atoms with Crippen LogP contribution >= 0.6 is 0 Å². The standard InChI is InChI=1S/C15H20N2O3/c1-10-4-2-5-12(16-10)15(11-8-9-11)17-13(18)6-3-7-14(19)20/h2,4-5,11,15H,3,6-9H2,1H3,(H,17,18)(H,19,20)/t15-/m1/s1. The number of carbonyl (C=O) groups is 2. The van der Waals surface area contributed by atoms with Crippen molar-refractivity contribution >= 4 is 11.9 Å². The molecule has 0 aromatic carbocycles. The fourth-order valence-corrected chi connectivity index (χ4v) is 2.25. The molecule has 5 heteroatoms. The van der Waals surface area contributed by atoms with Gasteiger partial charge in [0.25, 0.3) is 0 Å². The molecule has 1 aliphatic rings. The van der Waals surface area contributed by atoms with E-state index in [9.17, 15) is 9.59 Å². The Bertz CT molecular complexity index is 498. The predicted octanol–water partition coefficient (Wildman–Crippen LogP) is 2.21. The zero-order valence-electron chi connectivity index (χ0n) is 11.6. The van der Waals surface area contributed by atoms with Gasteiger partial charge in [0.15, 0.2) is 0 Å². The number of pyridine rings is 1. The van der Waals surface area contributed by atoms with E-state index in [1.165, 1.54) is 0 Å². The first-order valence-corrected chi connectivity index (χ1v) is 7.01.